The van der Waals surface area contributed by atoms with Gasteiger partial charge < -0.3 is 0 Å². The first-order valence-electron chi connectivity index (χ1n) is 4.06. The Kier molecular flexibility index (Phi) is 5.24. The molecule has 1 heteroatoms. The minimum absolute atomic E-state index is 0.410. The van der Waals surface area contributed by atoms with Crippen molar-refractivity contribution >= 4 is 11.8 Å². The van der Waals surface area contributed by atoms with Crippen LogP contribution in [0.3, 0.4) is 0 Å². The number of hydrogen-bond acceptors (Lipinski definition) is 1. The summed E-state index contributed by atoms with van der Waals surface area (Å²) in [5.41, 5.74) is 0. The first-order chi connectivity index (χ1) is 4.56. The SMILES string of the molecule is CCCC[CH]SC(C)(C)C. The summed E-state index contributed by atoms with van der Waals surface area (Å²) in [6.07, 6.45) is 3.91. The molecule has 1 radical (unpaired) electrons. The van der Waals surface area contributed by atoms with Gasteiger partial charge >= 0.3 is 0 Å². The van der Waals surface area contributed by atoms with E-state index in [1.807, 2.05) is 11.8 Å². The third-order valence-corrected chi connectivity index (χ3v) is 2.22. The maximum atomic E-state index is 2.34. The van der Waals surface area contributed by atoms with Crippen LogP contribution in [0, 0.1) is 5.75 Å². The van der Waals surface area contributed by atoms with Crippen LogP contribution in [0.15, 0.2) is 0 Å². The Morgan fingerprint density at radius 1 is 1.30 bits per heavy atom. The van der Waals surface area contributed by atoms with E-state index >= 15 is 0 Å². The van der Waals surface area contributed by atoms with E-state index in [9.17, 15) is 0 Å². The Morgan fingerprint density at radius 3 is 2.30 bits per heavy atom. The van der Waals surface area contributed by atoms with E-state index in [4.69, 9.17) is 0 Å². The average Bonchev–Trinajstić information content (AvgIpc) is 1.78. The molecule has 0 bridgehead atoms. The molecule has 0 fully saturated rings. The highest BCUT2D eigenvalue weighted by Crippen LogP contribution is 2.27. The third-order valence-electron chi connectivity index (χ3n) is 1.11. The molecule has 0 atom stereocenters. The summed E-state index contributed by atoms with van der Waals surface area (Å²) in [6, 6.07) is 0. The van der Waals surface area contributed by atoms with Crippen molar-refractivity contribution in [3.63, 3.8) is 0 Å². The molecule has 0 heterocycles. The van der Waals surface area contributed by atoms with Crippen LogP contribution in [0.2, 0.25) is 0 Å². The first kappa shape index (κ1) is 10.3. The van der Waals surface area contributed by atoms with Gasteiger partial charge in [0.15, 0.2) is 0 Å². The van der Waals surface area contributed by atoms with Crippen LogP contribution < -0.4 is 0 Å². The van der Waals surface area contributed by atoms with E-state index in [0.717, 1.165) is 0 Å². The molecule has 0 aromatic heterocycles. The number of unbranched alkanes of at least 4 members (excludes halogenated alkanes) is 2. The lowest BCUT2D eigenvalue weighted by molar-refractivity contribution is 0.786. The molecule has 0 aromatic rings. The van der Waals surface area contributed by atoms with Crippen molar-refractivity contribution in [3.8, 4) is 0 Å². The van der Waals surface area contributed by atoms with E-state index in [1.54, 1.807) is 0 Å². The second kappa shape index (κ2) is 5.06. The highest BCUT2D eigenvalue weighted by molar-refractivity contribution is 8.02. The standard InChI is InChI=1S/C9H19S/c1-5-6-7-8-10-9(2,3)4/h8H,5-7H2,1-4H3. The number of thioether (sulfide) groups is 1. The Labute approximate surface area is 69.8 Å². The van der Waals surface area contributed by atoms with E-state index in [-0.39, 0.29) is 0 Å². The zero-order valence-corrected chi connectivity index (χ0v) is 8.42. The normalized spacial score (nSPS) is 12.0. The van der Waals surface area contributed by atoms with E-state index in [0.29, 0.717) is 4.75 Å². The first-order valence-corrected chi connectivity index (χ1v) is 4.93. The molecule has 0 rings (SSSR count). The maximum absolute atomic E-state index is 2.34. The molecule has 10 heavy (non-hydrogen) atoms. The summed E-state index contributed by atoms with van der Waals surface area (Å²) in [4.78, 5) is 0. The fourth-order valence-corrected chi connectivity index (χ4v) is 1.38. The molecule has 0 saturated carbocycles. The van der Waals surface area contributed by atoms with Crippen LogP contribution in [0.25, 0.3) is 0 Å². The fraction of sp³-hybridized carbons (Fsp3) is 0.889. The Bertz CT molecular complexity index is 71.3. The van der Waals surface area contributed by atoms with Crippen molar-refractivity contribution in [2.75, 3.05) is 0 Å². The number of hydrogen-bond donors (Lipinski definition) is 0. The van der Waals surface area contributed by atoms with Crippen molar-refractivity contribution in [3.05, 3.63) is 5.75 Å². The molecular formula is C9H19S. The van der Waals surface area contributed by atoms with Gasteiger partial charge in [0.25, 0.3) is 0 Å². The van der Waals surface area contributed by atoms with E-state index in [1.165, 1.54) is 19.3 Å². The van der Waals surface area contributed by atoms with Crippen LogP contribution in [-0.2, 0) is 0 Å². The maximum Gasteiger partial charge on any atom is 0.0171 e. The zero-order chi connectivity index (χ0) is 8.04. The van der Waals surface area contributed by atoms with Crippen molar-refractivity contribution in [1.82, 2.24) is 0 Å². The fourth-order valence-electron chi connectivity index (χ4n) is 0.596. The third kappa shape index (κ3) is 8.35. The summed E-state index contributed by atoms with van der Waals surface area (Å²) in [6.45, 7) is 8.98. The van der Waals surface area contributed by atoms with Crippen molar-refractivity contribution in [2.45, 2.75) is 51.7 Å². The summed E-state index contributed by atoms with van der Waals surface area (Å²) in [5.74, 6) is 2.34. The van der Waals surface area contributed by atoms with Gasteiger partial charge in [-0.05, 0) is 6.42 Å². The minimum atomic E-state index is 0.410. The second-order valence-corrected chi connectivity index (χ2v) is 5.33. The van der Waals surface area contributed by atoms with E-state index in [2.05, 4.69) is 33.4 Å². The van der Waals surface area contributed by atoms with Crippen LogP contribution in [0.1, 0.15) is 47.0 Å². The topological polar surface area (TPSA) is 0 Å². The van der Waals surface area contributed by atoms with Gasteiger partial charge in [0, 0.05) is 10.5 Å². The second-order valence-electron chi connectivity index (χ2n) is 3.54. The van der Waals surface area contributed by atoms with Crippen molar-refractivity contribution in [1.29, 1.82) is 0 Å². The summed E-state index contributed by atoms with van der Waals surface area (Å²) < 4.78 is 0.410. The highest BCUT2D eigenvalue weighted by Gasteiger charge is 2.08. The predicted octanol–water partition coefficient (Wildman–Crippen LogP) is 3.87. The molecule has 61 valence electrons. The molecule has 0 saturated heterocycles. The van der Waals surface area contributed by atoms with Gasteiger partial charge in [0.1, 0.15) is 0 Å². The van der Waals surface area contributed by atoms with Crippen LogP contribution in [-0.4, -0.2) is 4.75 Å². The van der Waals surface area contributed by atoms with Gasteiger partial charge in [-0.15, -0.1) is 0 Å². The smallest absolute Gasteiger partial charge is 0.0171 e. The van der Waals surface area contributed by atoms with Gasteiger partial charge in [-0.25, -0.2) is 0 Å². The summed E-state index contributed by atoms with van der Waals surface area (Å²) in [5, 5.41) is 0. The lowest BCUT2D eigenvalue weighted by Gasteiger charge is -2.16. The van der Waals surface area contributed by atoms with Gasteiger partial charge in [0.2, 0.25) is 0 Å². The van der Waals surface area contributed by atoms with Gasteiger partial charge in [-0.3, -0.25) is 0 Å². The molecule has 0 N–H and O–H groups in total. The molecular weight excluding hydrogens is 140 g/mol. The van der Waals surface area contributed by atoms with Gasteiger partial charge in [-0.1, -0.05) is 40.5 Å². The van der Waals surface area contributed by atoms with Crippen molar-refractivity contribution in [2.24, 2.45) is 0 Å². The average molecular weight is 159 g/mol. The highest BCUT2D eigenvalue weighted by atomic mass is 32.2. The molecule has 0 aromatic carbocycles. The molecule has 0 unspecified atom stereocenters. The van der Waals surface area contributed by atoms with Crippen molar-refractivity contribution < 1.29 is 0 Å². The largest absolute Gasteiger partial charge is 0.151 e. The molecule has 0 aliphatic carbocycles. The Balaban J connectivity index is 3.04. The molecule has 0 nitrogen and oxygen atoms in total. The Morgan fingerprint density at radius 2 is 1.90 bits per heavy atom. The van der Waals surface area contributed by atoms with Gasteiger partial charge in [-0.2, -0.15) is 11.8 Å². The number of rotatable bonds is 4. The molecule has 0 amide bonds. The quantitative estimate of drug-likeness (QED) is 0.561. The van der Waals surface area contributed by atoms with E-state index < -0.39 is 0 Å². The van der Waals surface area contributed by atoms with Crippen LogP contribution >= 0.6 is 11.8 Å². The van der Waals surface area contributed by atoms with Crippen LogP contribution in [0.4, 0.5) is 0 Å². The Hall–Kier alpha value is 0.350. The monoisotopic (exact) mass is 159 g/mol. The molecule has 0 aliphatic rings. The zero-order valence-electron chi connectivity index (χ0n) is 7.61. The summed E-state index contributed by atoms with van der Waals surface area (Å²) >= 11 is 1.95. The lowest BCUT2D eigenvalue weighted by atomic mass is 10.3. The molecule has 0 aliphatic heterocycles. The predicted molar refractivity (Wildman–Crippen MR) is 51.2 cm³/mol. The van der Waals surface area contributed by atoms with Crippen LogP contribution in [0.5, 0.6) is 0 Å². The summed E-state index contributed by atoms with van der Waals surface area (Å²) in [7, 11) is 0. The minimum Gasteiger partial charge on any atom is -0.151 e. The molecule has 0 spiro atoms. The van der Waals surface area contributed by atoms with Gasteiger partial charge in [0.05, 0.1) is 0 Å². The lowest BCUT2D eigenvalue weighted by Crippen LogP contribution is -2.06.